The Labute approximate surface area is 200 Å². The summed E-state index contributed by atoms with van der Waals surface area (Å²) < 4.78 is 0. The van der Waals surface area contributed by atoms with Gasteiger partial charge < -0.3 is 10.6 Å². The molecular formula is C27H32N6O. The standard InChI is InChI=1S/C27H32N6O/c28-19-12-14-33(16-19)25-20-5-3-1-2-4-6-23(20)30-24-10-9-18(15-21(24)25)22-11-13-29-27(31-22)32-26(34)17-7-8-17/h9-11,13,15,17,19H,1-8,12,14,16,28H2,(H,29,31,32,34). The number of aromatic nitrogens is 3. The first-order valence-electron chi connectivity index (χ1n) is 12.8. The van der Waals surface area contributed by atoms with Crippen LogP contribution < -0.4 is 16.0 Å². The molecule has 3 N–H and O–H groups in total. The first-order valence-corrected chi connectivity index (χ1v) is 12.8. The Balaban J connectivity index is 1.44. The summed E-state index contributed by atoms with van der Waals surface area (Å²) in [5.41, 5.74) is 13.2. The van der Waals surface area contributed by atoms with Crippen LogP contribution in [0.25, 0.3) is 22.2 Å². The van der Waals surface area contributed by atoms with Crippen molar-refractivity contribution in [2.45, 2.75) is 63.8 Å². The number of aryl methyl sites for hydroxylation is 1. The van der Waals surface area contributed by atoms with Crippen LogP contribution in [0.5, 0.6) is 0 Å². The van der Waals surface area contributed by atoms with Gasteiger partial charge in [-0.05, 0) is 68.7 Å². The van der Waals surface area contributed by atoms with Crippen molar-refractivity contribution in [2.75, 3.05) is 23.3 Å². The second-order valence-electron chi connectivity index (χ2n) is 10.1. The first kappa shape index (κ1) is 21.5. The van der Waals surface area contributed by atoms with Crippen LogP contribution >= 0.6 is 0 Å². The molecule has 1 saturated carbocycles. The summed E-state index contributed by atoms with van der Waals surface area (Å²) in [5.74, 6) is 0.510. The molecule has 2 fully saturated rings. The van der Waals surface area contributed by atoms with E-state index in [4.69, 9.17) is 10.7 Å². The third-order valence-corrected chi connectivity index (χ3v) is 7.41. The molecule has 3 heterocycles. The normalized spacial score (nSPS) is 20.6. The van der Waals surface area contributed by atoms with E-state index in [1.54, 1.807) is 6.20 Å². The molecular weight excluding hydrogens is 424 g/mol. The van der Waals surface area contributed by atoms with Crippen molar-refractivity contribution in [2.24, 2.45) is 11.7 Å². The molecule has 0 radical (unpaired) electrons. The minimum Gasteiger partial charge on any atom is -0.369 e. The summed E-state index contributed by atoms with van der Waals surface area (Å²) in [5, 5.41) is 4.04. The number of carbonyl (C=O) groups is 1. The SMILES string of the molecule is NC1CCN(c2c3c(nc4ccc(-c5ccnc(NC(=O)C6CC6)n5)cc24)CCCCCC3)C1. The summed E-state index contributed by atoms with van der Waals surface area (Å²) in [4.78, 5) is 28.7. The van der Waals surface area contributed by atoms with E-state index in [0.29, 0.717) is 5.95 Å². The average Bonchev–Trinajstić information content (AvgIpc) is 3.60. The number of nitrogens with two attached hydrogens (primary N) is 1. The van der Waals surface area contributed by atoms with Crippen LogP contribution in [0.1, 0.15) is 56.2 Å². The predicted molar refractivity (Wildman–Crippen MR) is 135 cm³/mol. The molecule has 1 unspecified atom stereocenters. The van der Waals surface area contributed by atoms with Crippen LogP contribution in [0.4, 0.5) is 11.6 Å². The third-order valence-electron chi connectivity index (χ3n) is 7.41. The number of hydrogen-bond acceptors (Lipinski definition) is 6. The lowest BCUT2D eigenvalue weighted by Crippen LogP contribution is -2.27. The van der Waals surface area contributed by atoms with Crippen LogP contribution in [0.2, 0.25) is 0 Å². The lowest BCUT2D eigenvalue weighted by molar-refractivity contribution is -0.117. The first-order chi connectivity index (χ1) is 16.7. The molecule has 1 atom stereocenters. The van der Waals surface area contributed by atoms with E-state index < -0.39 is 0 Å². The largest absolute Gasteiger partial charge is 0.369 e. The molecule has 176 valence electrons. The monoisotopic (exact) mass is 456 g/mol. The molecule has 0 bridgehead atoms. The van der Waals surface area contributed by atoms with Gasteiger partial charge in [-0.3, -0.25) is 15.1 Å². The molecule has 3 aliphatic rings. The molecule has 2 aromatic heterocycles. The number of fused-ring (bicyclic) bond motifs is 2. The zero-order chi connectivity index (χ0) is 23.1. The van der Waals surface area contributed by atoms with Crippen molar-refractivity contribution in [3.8, 4) is 11.3 Å². The highest BCUT2D eigenvalue weighted by atomic mass is 16.2. The topological polar surface area (TPSA) is 97.0 Å². The van der Waals surface area contributed by atoms with Gasteiger partial charge in [0.1, 0.15) is 0 Å². The Morgan fingerprint density at radius 3 is 2.68 bits per heavy atom. The van der Waals surface area contributed by atoms with Crippen LogP contribution in [0.15, 0.2) is 30.5 Å². The van der Waals surface area contributed by atoms with Crippen molar-refractivity contribution < 1.29 is 4.79 Å². The maximum absolute atomic E-state index is 12.2. The lowest BCUT2D eigenvalue weighted by Gasteiger charge is -2.27. The van der Waals surface area contributed by atoms with Crippen LogP contribution in [0.3, 0.4) is 0 Å². The quantitative estimate of drug-likeness (QED) is 0.610. The Morgan fingerprint density at radius 2 is 1.88 bits per heavy atom. The van der Waals surface area contributed by atoms with E-state index in [9.17, 15) is 4.79 Å². The third kappa shape index (κ3) is 4.25. The number of nitrogens with one attached hydrogen (secondary N) is 1. The smallest absolute Gasteiger partial charge is 0.229 e. The van der Waals surface area contributed by atoms with Gasteiger partial charge in [-0.25, -0.2) is 9.97 Å². The van der Waals surface area contributed by atoms with Gasteiger partial charge in [-0.2, -0.15) is 0 Å². The Kier molecular flexibility index (Phi) is 5.65. The van der Waals surface area contributed by atoms with Gasteiger partial charge in [0.25, 0.3) is 0 Å². The van der Waals surface area contributed by atoms with E-state index >= 15 is 0 Å². The molecule has 1 saturated heterocycles. The van der Waals surface area contributed by atoms with E-state index in [2.05, 4.69) is 38.4 Å². The zero-order valence-electron chi connectivity index (χ0n) is 19.6. The summed E-state index contributed by atoms with van der Waals surface area (Å²) in [7, 11) is 0. The number of anilines is 2. The van der Waals surface area contributed by atoms with Crippen LogP contribution in [-0.2, 0) is 17.6 Å². The fraction of sp³-hybridized carbons (Fsp3) is 0.481. The lowest BCUT2D eigenvalue weighted by atomic mass is 9.93. The number of pyridine rings is 1. The summed E-state index contributed by atoms with van der Waals surface area (Å²) in [6.45, 7) is 1.88. The highest BCUT2D eigenvalue weighted by molar-refractivity contribution is 5.97. The summed E-state index contributed by atoms with van der Waals surface area (Å²) in [6, 6.07) is 8.54. The minimum absolute atomic E-state index is 0.0196. The van der Waals surface area contributed by atoms with Crippen molar-refractivity contribution in [1.82, 2.24) is 15.0 Å². The molecule has 1 amide bonds. The molecule has 7 heteroatoms. The number of benzene rings is 1. The number of rotatable bonds is 4. The highest BCUT2D eigenvalue weighted by Crippen LogP contribution is 2.38. The number of amides is 1. The van der Waals surface area contributed by atoms with E-state index in [1.165, 1.54) is 48.0 Å². The predicted octanol–water partition coefficient (Wildman–Crippen LogP) is 4.24. The Morgan fingerprint density at radius 1 is 1.03 bits per heavy atom. The number of nitrogens with zero attached hydrogens (tertiary/aromatic N) is 4. The van der Waals surface area contributed by atoms with Crippen molar-refractivity contribution in [1.29, 1.82) is 0 Å². The van der Waals surface area contributed by atoms with Crippen LogP contribution in [-0.4, -0.2) is 40.0 Å². The minimum atomic E-state index is 0.0196. The van der Waals surface area contributed by atoms with Gasteiger partial charge >= 0.3 is 0 Å². The second kappa shape index (κ2) is 8.95. The second-order valence-corrected chi connectivity index (χ2v) is 10.1. The zero-order valence-corrected chi connectivity index (χ0v) is 19.6. The fourth-order valence-corrected chi connectivity index (χ4v) is 5.40. The summed E-state index contributed by atoms with van der Waals surface area (Å²) in [6.07, 6.45) is 11.8. The van der Waals surface area contributed by atoms with E-state index in [0.717, 1.165) is 62.0 Å². The average molecular weight is 457 g/mol. The molecule has 7 nitrogen and oxygen atoms in total. The highest BCUT2D eigenvalue weighted by Gasteiger charge is 2.30. The van der Waals surface area contributed by atoms with Crippen molar-refractivity contribution in [3.05, 3.63) is 41.7 Å². The molecule has 34 heavy (non-hydrogen) atoms. The summed E-state index contributed by atoms with van der Waals surface area (Å²) >= 11 is 0. The maximum atomic E-state index is 12.2. The van der Waals surface area contributed by atoms with Gasteiger partial charge in [0.05, 0.1) is 16.9 Å². The molecule has 2 aliphatic carbocycles. The van der Waals surface area contributed by atoms with Gasteiger partial charge in [-0.15, -0.1) is 0 Å². The van der Waals surface area contributed by atoms with Gasteiger partial charge in [-0.1, -0.05) is 18.9 Å². The molecule has 1 aromatic carbocycles. The van der Waals surface area contributed by atoms with Gasteiger partial charge in [0.2, 0.25) is 11.9 Å². The van der Waals surface area contributed by atoms with Gasteiger partial charge in [0, 0.05) is 47.9 Å². The molecule has 3 aromatic rings. The van der Waals surface area contributed by atoms with Crippen molar-refractivity contribution >= 4 is 28.4 Å². The molecule has 1 aliphatic heterocycles. The van der Waals surface area contributed by atoms with Crippen molar-refractivity contribution in [3.63, 3.8) is 0 Å². The molecule has 0 spiro atoms. The number of hydrogen-bond donors (Lipinski definition) is 2. The van der Waals surface area contributed by atoms with Crippen LogP contribution in [0, 0.1) is 5.92 Å². The number of carbonyl (C=O) groups excluding carboxylic acids is 1. The van der Waals surface area contributed by atoms with E-state index in [1.807, 2.05) is 6.07 Å². The fourth-order valence-electron chi connectivity index (χ4n) is 5.40. The Bertz CT molecular complexity index is 1240. The van der Waals surface area contributed by atoms with E-state index in [-0.39, 0.29) is 17.9 Å². The Hall–Kier alpha value is -3.06. The van der Waals surface area contributed by atoms with Gasteiger partial charge in [0.15, 0.2) is 0 Å². The molecule has 6 rings (SSSR count). The maximum Gasteiger partial charge on any atom is 0.229 e.